The molecule has 1 aromatic heterocycles. The maximum atomic E-state index is 12.2. The zero-order valence-electron chi connectivity index (χ0n) is 10.7. The number of hydrogen-bond acceptors (Lipinski definition) is 5. The molecule has 2 heterocycles. The monoisotopic (exact) mass is 402 g/mol. The van der Waals surface area contributed by atoms with Gasteiger partial charge in [-0.1, -0.05) is 0 Å². The molecule has 6 nitrogen and oxygen atoms in total. The summed E-state index contributed by atoms with van der Waals surface area (Å²) in [6, 6.07) is 1.46. The van der Waals surface area contributed by atoms with Crippen LogP contribution in [-0.4, -0.2) is 46.5 Å². The SMILES string of the molecule is CS(=O)(=O)N1CCC(NS(=O)(=O)c2sccc2Br)CC1. The van der Waals surface area contributed by atoms with Gasteiger partial charge in [0.1, 0.15) is 4.21 Å². The zero-order chi connectivity index (χ0) is 15.0. The van der Waals surface area contributed by atoms with Crippen molar-refractivity contribution in [2.24, 2.45) is 0 Å². The van der Waals surface area contributed by atoms with Crippen molar-refractivity contribution in [3.8, 4) is 0 Å². The van der Waals surface area contributed by atoms with Crippen LogP contribution in [0.5, 0.6) is 0 Å². The Morgan fingerprint density at radius 1 is 1.30 bits per heavy atom. The lowest BCUT2D eigenvalue weighted by molar-refractivity contribution is 0.310. The molecule has 0 amide bonds. The number of thiophene rings is 1. The molecule has 1 fully saturated rings. The van der Waals surface area contributed by atoms with E-state index in [1.165, 1.54) is 10.6 Å². The molecule has 0 radical (unpaired) electrons. The van der Waals surface area contributed by atoms with Gasteiger partial charge in [-0.15, -0.1) is 11.3 Å². The topological polar surface area (TPSA) is 83.6 Å². The molecular formula is C10H15BrN2O4S3. The Morgan fingerprint density at radius 3 is 2.35 bits per heavy atom. The van der Waals surface area contributed by atoms with Gasteiger partial charge in [0.2, 0.25) is 10.0 Å². The van der Waals surface area contributed by atoms with Gasteiger partial charge in [0, 0.05) is 23.6 Å². The second-order valence-electron chi connectivity index (χ2n) is 4.61. The van der Waals surface area contributed by atoms with E-state index in [-0.39, 0.29) is 10.3 Å². The fraction of sp³-hybridized carbons (Fsp3) is 0.600. The molecule has 0 aliphatic carbocycles. The van der Waals surface area contributed by atoms with E-state index in [1.807, 2.05) is 0 Å². The van der Waals surface area contributed by atoms with Crippen LogP contribution in [-0.2, 0) is 20.0 Å². The molecular weight excluding hydrogens is 388 g/mol. The molecule has 0 unspecified atom stereocenters. The molecule has 0 saturated carbocycles. The Balaban J connectivity index is 2.01. The third kappa shape index (κ3) is 3.80. The standard InChI is InChI=1S/C10H15BrN2O4S3/c1-19(14,15)13-5-2-8(3-6-13)12-20(16,17)10-9(11)4-7-18-10/h4,7-8,12H,2-3,5-6H2,1H3. The summed E-state index contributed by atoms with van der Waals surface area (Å²) in [6.07, 6.45) is 2.13. The fourth-order valence-corrected chi connectivity index (χ4v) is 6.58. The highest BCUT2D eigenvalue weighted by molar-refractivity contribution is 9.10. The molecule has 0 spiro atoms. The van der Waals surface area contributed by atoms with Crippen molar-refractivity contribution in [2.45, 2.75) is 23.1 Å². The van der Waals surface area contributed by atoms with Crippen molar-refractivity contribution in [2.75, 3.05) is 19.3 Å². The number of sulfonamides is 2. The van der Waals surface area contributed by atoms with Crippen LogP contribution in [0.2, 0.25) is 0 Å². The predicted octanol–water partition coefficient (Wildman–Crippen LogP) is 1.21. The Kier molecular flexibility index (Phi) is 4.92. The number of halogens is 1. The summed E-state index contributed by atoms with van der Waals surface area (Å²) in [6.45, 7) is 0.690. The Bertz CT molecular complexity index is 675. The molecule has 1 N–H and O–H groups in total. The first kappa shape index (κ1) is 16.4. The van der Waals surface area contributed by atoms with Gasteiger partial charge in [-0.2, -0.15) is 0 Å². The quantitative estimate of drug-likeness (QED) is 0.819. The van der Waals surface area contributed by atoms with Gasteiger partial charge in [-0.05, 0) is 40.2 Å². The zero-order valence-corrected chi connectivity index (χ0v) is 14.8. The minimum atomic E-state index is -3.55. The van der Waals surface area contributed by atoms with E-state index in [1.54, 1.807) is 11.4 Å². The molecule has 0 bridgehead atoms. The van der Waals surface area contributed by atoms with E-state index in [0.717, 1.165) is 11.3 Å². The minimum Gasteiger partial charge on any atom is -0.213 e. The van der Waals surface area contributed by atoms with Crippen LogP contribution >= 0.6 is 27.3 Å². The van der Waals surface area contributed by atoms with E-state index < -0.39 is 20.0 Å². The summed E-state index contributed by atoms with van der Waals surface area (Å²) >= 11 is 4.35. The average molecular weight is 403 g/mol. The summed E-state index contributed by atoms with van der Waals surface area (Å²) in [5.41, 5.74) is 0. The molecule has 10 heteroatoms. The van der Waals surface area contributed by atoms with Gasteiger partial charge in [-0.3, -0.25) is 0 Å². The van der Waals surface area contributed by atoms with E-state index in [9.17, 15) is 16.8 Å². The van der Waals surface area contributed by atoms with Gasteiger partial charge in [0.05, 0.1) is 6.26 Å². The Labute approximate surface area is 131 Å². The molecule has 0 aromatic carbocycles. The minimum absolute atomic E-state index is 0.230. The van der Waals surface area contributed by atoms with Gasteiger partial charge >= 0.3 is 0 Å². The van der Waals surface area contributed by atoms with Crippen molar-refractivity contribution in [3.05, 3.63) is 15.9 Å². The first-order valence-electron chi connectivity index (χ1n) is 5.90. The normalized spacial score (nSPS) is 19.3. The highest BCUT2D eigenvalue weighted by Gasteiger charge is 2.29. The van der Waals surface area contributed by atoms with Crippen molar-refractivity contribution >= 4 is 47.3 Å². The highest BCUT2D eigenvalue weighted by atomic mass is 79.9. The summed E-state index contributed by atoms with van der Waals surface area (Å²) in [5.74, 6) is 0. The molecule has 114 valence electrons. The molecule has 1 aromatic rings. The second-order valence-corrected chi connectivity index (χ2v) is 10.3. The molecule has 2 rings (SSSR count). The van der Waals surface area contributed by atoms with E-state index >= 15 is 0 Å². The summed E-state index contributed by atoms with van der Waals surface area (Å²) in [5, 5.41) is 1.70. The van der Waals surface area contributed by atoms with E-state index in [4.69, 9.17) is 0 Å². The number of rotatable bonds is 4. The number of hydrogen-bond donors (Lipinski definition) is 1. The molecule has 0 atom stereocenters. The van der Waals surface area contributed by atoms with Crippen molar-refractivity contribution in [3.63, 3.8) is 0 Å². The van der Waals surface area contributed by atoms with Gasteiger partial charge < -0.3 is 0 Å². The second kappa shape index (κ2) is 6.01. The molecule has 20 heavy (non-hydrogen) atoms. The molecule has 1 aliphatic heterocycles. The lowest BCUT2D eigenvalue weighted by Gasteiger charge is -2.30. The van der Waals surface area contributed by atoms with Gasteiger partial charge in [-0.25, -0.2) is 25.9 Å². The van der Waals surface area contributed by atoms with Crippen molar-refractivity contribution in [1.29, 1.82) is 0 Å². The smallest absolute Gasteiger partial charge is 0.213 e. The van der Waals surface area contributed by atoms with Crippen LogP contribution in [0.15, 0.2) is 20.1 Å². The first-order chi connectivity index (χ1) is 9.20. The summed E-state index contributed by atoms with van der Waals surface area (Å²) in [7, 11) is -6.74. The molecule has 1 aliphatic rings. The predicted molar refractivity (Wildman–Crippen MR) is 81.8 cm³/mol. The Morgan fingerprint density at radius 2 is 1.90 bits per heavy atom. The van der Waals surface area contributed by atoms with Gasteiger partial charge in [0.25, 0.3) is 10.0 Å². The van der Waals surface area contributed by atoms with Crippen LogP contribution < -0.4 is 4.72 Å². The summed E-state index contributed by atoms with van der Waals surface area (Å²) < 4.78 is 52.0. The Hall–Kier alpha value is -0.000000000000000111. The number of piperidine rings is 1. The largest absolute Gasteiger partial charge is 0.251 e. The van der Waals surface area contributed by atoms with Crippen LogP contribution in [0.25, 0.3) is 0 Å². The lowest BCUT2D eigenvalue weighted by Crippen LogP contribution is -2.46. The van der Waals surface area contributed by atoms with Crippen molar-refractivity contribution < 1.29 is 16.8 Å². The van der Waals surface area contributed by atoms with Crippen LogP contribution in [0.1, 0.15) is 12.8 Å². The third-order valence-corrected chi connectivity index (χ3v) is 8.57. The fourth-order valence-electron chi connectivity index (χ4n) is 2.05. The van der Waals surface area contributed by atoms with Crippen LogP contribution in [0, 0.1) is 0 Å². The van der Waals surface area contributed by atoms with E-state index in [2.05, 4.69) is 20.7 Å². The number of nitrogens with zero attached hydrogens (tertiary/aromatic N) is 1. The maximum Gasteiger partial charge on any atom is 0.251 e. The molecule has 1 saturated heterocycles. The van der Waals surface area contributed by atoms with Crippen LogP contribution in [0.4, 0.5) is 0 Å². The maximum absolute atomic E-state index is 12.2. The first-order valence-corrected chi connectivity index (χ1v) is 10.9. The average Bonchev–Trinajstić information content (AvgIpc) is 2.75. The van der Waals surface area contributed by atoms with Gasteiger partial charge in [0.15, 0.2) is 0 Å². The van der Waals surface area contributed by atoms with Crippen LogP contribution in [0.3, 0.4) is 0 Å². The van der Waals surface area contributed by atoms with E-state index in [0.29, 0.717) is 30.4 Å². The third-order valence-electron chi connectivity index (χ3n) is 3.07. The lowest BCUT2D eigenvalue weighted by atomic mass is 10.1. The summed E-state index contributed by atoms with van der Waals surface area (Å²) in [4.78, 5) is 0. The highest BCUT2D eigenvalue weighted by Crippen LogP contribution is 2.28. The number of nitrogens with one attached hydrogen (secondary N) is 1. The van der Waals surface area contributed by atoms with Crippen molar-refractivity contribution in [1.82, 2.24) is 9.03 Å².